The number of anilines is 1. The van der Waals surface area contributed by atoms with E-state index in [1.807, 2.05) is 57.2 Å². The van der Waals surface area contributed by atoms with Gasteiger partial charge in [0, 0.05) is 31.7 Å². The third-order valence-electron chi connectivity index (χ3n) is 5.79. The summed E-state index contributed by atoms with van der Waals surface area (Å²) in [6, 6.07) is 13.3. The van der Waals surface area contributed by atoms with Crippen LogP contribution in [0.3, 0.4) is 0 Å². The number of aromatic nitrogens is 1. The Morgan fingerprint density at radius 2 is 1.71 bits per heavy atom. The first-order valence-electron chi connectivity index (χ1n) is 10.2. The molecule has 1 fully saturated rings. The van der Waals surface area contributed by atoms with Crippen LogP contribution in [0.15, 0.2) is 51.9 Å². The van der Waals surface area contributed by atoms with Gasteiger partial charge in [0.25, 0.3) is 0 Å². The quantitative estimate of drug-likeness (QED) is 0.600. The van der Waals surface area contributed by atoms with E-state index < -0.39 is 10.0 Å². The summed E-state index contributed by atoms with van der Waals surface area (Å²) in [4.78, 5) is 2.49. The Labute approximate surface area is 183 Å². The molecule has 164 valence electrons. The molecule has 8 heteroatoms. The maximum absolute atomic E-state index is 13.5. The lowest BCUT2D eigenvalue weighted by Crippen LogP contribution is -2.48. The topological polar surface area (TPSA) is 75.9 Å². The molecular formula is C23H27N3O4S. The fourth-order valence-corrected chi connectivity index (χ4v) is 5.80. The minimum absolute atomic E-state index is 0.329. The molecule has 7 nitrogen and oxygen atoms in total. The molecule has 1 aromatic heterocycles. The molecule has 0 saturated carbocycles. The van der Waals surface area contributed by atoms with Crippen LogP contribution in [0, 0.1) is 20.8 Å². The second-order valence-corrected chi connectivity index (χ2v) is 9.65. The van der Waals surface area contributed by atoms with Gasteiger partial charge in [-0.2, -0.15) is 4.31 Å². The molecule has 0 spiro atoms. The molecule has 31 heavy (non-hydrogen) atoms. The molecular weight excluding hydrogens is 414 g/mol. The standard InChI is InChI=1S/C23H27N3O4S/c1-16-9-10-19(23-17(2)24-30-18(23)3)15-22(16)31(27,28)26-13-11-25(12-14-26)20-7-5-6-8-21(20)29-4/h5-10,15H,11-14H2,1-4H3. The molecule has 0 atom stereocenters. The van der Waals surface area contributed by atoms with Gasteiger partial charge in [-0.3, -0.25) is 0 Å². The van der Waals surface area contributed by atoms with Crippen molar-refractivity contribution in [3.05, 3.63) is 59.5 Å². The van der Waals surface area contributed by atoms with Crippen LogP contribution in [0.1, 0.15) is 17.0 Å². The summed E-state index contributed by atoms with van der Waals surface area (Å²) in [5.74, 6) is 1.47. The summed E-state index contributed by atoms with van der Waals surface area (Å²) in [6.45, 7) is 7.54. The van der Waals surface area contributed by atoms with Crippen molar-refractivity contribution in [2.45, 2.75) is 25.7 Å². The first kappa shape index (κ1) is 21.4. The normalized spacial score (nSPS) is 15.3. The van der Waals surface area contributed by atoms with Crippen LogP contribution in [0.25, 0.3) is 11.1 Å². The molecule has 2 heterocycles. The Bertz CT molecular complexity index is 1180. The molecule has 0 aliphatic carbocycles. The Hall–Kier alpha value is -2.84. The SMILES string of the molecule is COc1ccccc1N1CCN(S(=O)(=O)c2cc(-c3c(C)noc3C)ccc2C)CC1. The van der Waals surface area contributed by atoms with Crippen molar-refractivity contribution in [1.29, 1.82) is 0 Å². The highest BCUT2D eigenvalue weighted by Gasteiger charge is 2.31. The van der Waals surface area contributed by atoms with Crippen molar-refractivity contribution in [2.75, 3.05) is 38.2 Å². The van der Waals surface area contributed by atoms with E-state index in [1.54, 1.807) is 17.5 Å². The first-order chi connectivity index (χ1) is 14.8. The third-order valence-corrected chi connectivity index (χ3v) is 7.83. The van der Waals surface area contributed by atoms with Crippen molar-refractivity contribution in [1.82, 2.24) is 9.46 Å². The zero-order valence-electron chi connectivity index (χ0n) is 18.3. The number of sulfonamides is 1. The zero-order valence-corrected chi connectivity index (χ0v) is 19.1. The maximum atomic E-state index is 13.5. The van der Waals surface area contributed by atoms with Crippen molar-refractivity contribution in [3.8, 4) is 16.9 Å². The lowest BCUT2D eigenvalue weighted by molar-refractivity contribution is 0.378. The van der Waals surface area contributed by atoms with Crippen molar-refractivity contribution in [3.63, 3.8) is 0 Å². The van der Waals surface area contributed by atoms with Crippen molar-refractivity contribution in [2.24, 2.45) is 0 Å². The molecule has 0 bridgehead atoms. The van der Waals surface area contributed by atoms with Gasteiger partial charge in [0.15, 0.2) is 0 Å². The van der Waals surface area contributed by atoms with Gasteiger partial charge in [0.2, 0.25) is 10.0 Å². The molecule has 0 unspecified atom stereocenters. The number of rotatable bonds is 5. The number of para-hydroxylation sites is 2. The molecule has 1 aliphatic heterocycles. The zero-order chi connectivity index (χ0) is 22.2. The van der Waals surface area contributed by atoms with Gasteiger partial charge in [-0.1, -0.05) is 29.4 Å². The van der Waals surface area contributed by atoms with Crippen LogP contribution in [0.4, 0.5) is 5.69 Å². The number of benzene rings is 2. The highest BCUT2D eigenvalue weighted by molar-refractivity contribution is 7.89. The molecule has 3 aromatic rings. The molecule has 4 rings (SSSR count). The number of methoxy groups -OCH3 is 1. The number of hydrogen-bond acceptors (Lipinski definition) is 6. The fourth-order valence-electron chi connectivity index (χ4n) is 4.13. The van der Waals surface area contributed by atoms with Crippen LogP contribution in [0.5, 0.6) is 5.75 Å². The van der Waals surface area contributed by atoms with E-state index in [0.29, 0.717) is 36.8 Å². The van der Waals surface area contributed by atoms with E-state index in [4.69, 9.17) is 9.26 Å². The Morgan fingerprint density at radius 3 is 2.35 bits per heavy atom. The van der Waals surface area contributed by atoms with Gasteiger partial charge in [0.05, 0.1) is 23.4 Å². The fraction of sp³-hybridized carbons (Fsp3) is 0.348. The minimum Gasteiger partial charge on any atom is -0.495 e. The van der Waals surface area contributed by atoms with Gasteiger partial charge in [0.1, 0.15) is 11.5 Å². The number of hydrogen-bond donors (Lipinski definition) is 0. The number of piperazine rings is 1. The van der Waals surface area contributed by atoms with E-state index in [9.17, 15) is 8.42 Å². The molecule has 1 saturated heterocycles. The van der Waals surface area contributed by atoms with E-state index in [-0.39, 0.29) is 0 Å². The van der Waals surface area contributed by atoms with Gasteiger partial charge in [-0.15, -0.1) is 0 Å². The Morgan fingerprint density at radius 1 is 1.00 bits per heavy atom. The summed E-state index contributed by atoms with van der Waals surface area (Å²) in [5, 5.41) is 4.00. The monoisotopic (exact) mass is 441 g/mol. The van der Waals surface area contributed by atoms with E-state index in [0.717, 1.165) is 33.8 Å². The van der Waals surface area contributed by atoms with Crippen LogP contribution >= 0.6 is 0 Å². The Kier molecular flexibility index (Phi) is 5.77. The summed E-state index contributed by atoms with van der Waals surface area (Å²) in [6.07, 6.45) is 0. The van der Waals surface area contributed by atoms with Crippen LogP contribution in [-0.4, -0.2) is 51.2 Å². The van der Waals surface area contributed by atoms with Gasteiger partial charge >= 0.3 is 0 Å². The summed E-state index contributed by atoms with van der Waals surface area (Å²) < 4.78 is 39.3. The molecule has 0 amide bonds. The average Bonchev–Trinajstić information content (AvgIpc) is 3.12. The van der Waals surface area contributed by atoms with Crippen LogP contribution < -0.4 is 9.64 Å². The highest BCUT2D eigenvalue weighted by atomic mass is 32.2. The number of nitrogens with zero attached hydrogens (tertiary/aromatic N) is 3. The second-order valence-electron chi connectivity index (χ2n) is 7.74. The van der Waals surface area contributed by atoms with Gasteiger partial charge in [-0.25, -0.2) is 8.42 Å². The van der Waals surface area contributed by atoms with Crippen molar-refractivity contribution >= 4 is 15.7 Å². The largest absolute Gasteiger partial charge is 0.495 e. The second kappa shape index (κ2) is 8.36. The average molecular weight is 442 g/mol. The number of ether oxygens (including phenoxy) is 1. The van der Waals surface area contributed by atoms with E-state index >= 15 is 0 Å². The molecule has 2 aromatic carbocycles. The number of aryl methyl sites for hydroxylation is 3. The third kappa shape index (κ3) is 3.93. The summed E-state index contributed by atoms with van der Waals surface area (Å²) in [7, 11) is -1.98. The smallest absolute Gasteiger partial charge is 0.243 e. The summed E-state index contributed by atoms with van der Waals surface area (Å²) in [5.41, 5.74) is 4.10. The molecule has 0 radical (unpaired) electrons. The van der Waals surface area contributed by atoms with Crippen LogP contribution in [-0.2, 0) is 10.0 Å². The van der Waals surface area contributed by atoms with E-state index in [1.165, 1.54) is 0 Å². The maximum Gasteiger partial charge on any atom is 0.243 e. The lowest BCUT2D eigenvalue weighted by atomic mass is 10.0. The minimum atomic E-state index is -3.63. The predicted octanol–water partition coefficient (Wildman–Crippen LogP) is 3.79. The summed E-state index contributed by atoms with van der Waals surface area (Å²) >= 11 is 0. The molecule has 0 N–H and O–H groups in total. The van der Waals surface area contributed by atoms with Crippen molar-refractivity contribution < 1.29 is 17.7 Å². The Balaban J connectivity index is 1.59. The van der Waals surface area contributed by atoms with E-state index in [2.05, 4.69) is 10.1 Å². The first-order valence-corrected chi connectivity index (χ1v) is 11.7. The van der Waals surface area contributed by atoms with Gasteiger partial charge < -0.3 is 14.2 Å². The highest BCUT2D eigenvalue weighted by Crippen LogP contribution is 2.33. The predicted molar refractivity (Wildman–Crippen MR) is 120 cm³/mol. The van der Waals surface area contributed by atoms with Gasteiger partial charge in [-0.05, 0) is 50.1 Å². The lowest BCUT2D eigenvalue weighted by Gasteiger charge is -2.36. The molecule has 1 aliphatic rings. The van der Waals surface area contributed by atoms with Crippen LogP contribution in [0.2, 0.25) is 0 Å².